The van der Waals surface area contributed by atoms with E-state index in [2.05, 4.69) is 0 Å². The Balaban J connectivity index is 2.09. The van der Waals surface area contributed by atoms with Gasteiger partial charge in [-0.15, -0.1) is 0 Å². The van der Waals surface area contributed by atoms with Gasteiger partial charge in [0.05, 0.1) is 5.92 Å². The van der Waals surface area contributed by atoms with Crippen molar-refractivity contribution in [3.63, 3.8) is 0 Å². The number of benzene rings is 1. The van der Waals surface area contributed by atoms with Gasteiger partial charge in [0, 0.05) is 4.90 Å². The van der Waals surface area contributed by atoms with E-state index in [0.29, 0.717) is 23.1 Å². The highest BCUT2D eigenvalue weighted by molar-refractivity contribution is 7.99. The van der Waals surface area contributed by atoms with Crippen LogP contribution in [0.1, 0.15) is 17.9 Å². The second-order valence-corrected chi connectivity index (χ2v) is 4.80. The maximum Gasteiger partial charge on any atom is 0.307 e. The lowest BCUT2D eigenvalue weighted by atomic mass is 10.1. The Morgan fingerprint density at radius 2 is 2.25 bits per heavy atom. The average Bonchev–Trinajstić information content (AvgIpc) is 2.96. The molecule has 0 amide bonds. The summed E-state index contributed by atoms with van der Waals surface area (Å²) < 4.78 is 24.3. The Kier molecular flexibility index (Phi) is 3.14. The third-order valence-corrected chi connectivity index (χ3v) is 3.32. The number of hydrogen-bond donors (Lipinski definition) is 1. The lowest BCUT2D eigenvalue weighted by Crippen LogP contribution is -1.98. The molecule has 0 unspecified atom stereocenters. The summed E-state index contributed by atoms with van der Waals surface area (Å²) in [5, 5.41) is 8.77. The number of hydrogen-bond acceptors (Lipinski definition) is 2. The Morgan fingerprint density at radius 3 is 2.81 bits per heavy atom. The van der Waals surface area contributed by atoms with Crippen molar-refractivity contribution in [2.45, 2.75) is 23.0 Å². The lowest BCUT2D eigenvalue weighted by Gasteiger charge is -2.03. The Morgan fingerprint density at radius 1 is 1.50 bits per heavy atom. The molecule has 5 heteroatoms. The molecule has 2 nitrogen and oxygen atoms in total. The first-order valence-electron chi connectivity index (χ1n) is 4.85. The summed E-state index contributed by atoms with van der Waals surface area (Å²) >= 11 is 0.487. The first-order chi connectivity index (χ1) is 7.58. The van der Waals surface area contributed by atoms with Crippen molar-refractivity contribution in [2.75, 3.05) is 0 Å². The normalized spacial score (nSPS) is 23.4. The molecule has 0 saturated heterocycles. The highest BCUT2D eigenvalue weighted by Gasteiger charge is 2.44. The van der Waals surface area contributed by atoms with Crippen LogP contribution in [-0.2, 0) is 4.79 Å². The fraction of sp³-hybridized carbons (Fsp3) is 0.364. The maximum atomic E-state index is 12.1. The molecule has 2 atom stereocenters. The molecule has 0 spiro atoms. The summed E-state index contributed by atoms with van der Waals surface area (Å²) in [5.74, 6) is -3.59. The SMILES string of the molecule is O=C(O)[C@@H]1C[C@H]1c1cccc(SC(F)F)c1. The molecule has 2 rings (SSSR count). The number of halogens is 2. The third-order valence-electron chi connectivity index (χ3n) is 2.62. The molecule has 86 valence electrons. The van der Waals surface area contributed by atoms with Crippen molar-refractivity contribution in [3.05, 3.63) is 29.8 Å². The molecule has 16 heavy (non-hydrogen) atoms. The van der Waals surface area contributed by atoms with E-state index in [4.69, 9.17) is 5.11 Å². The van der Waals surface area contributed by atoms with E-state index in [-0.39, 0.29) is 11.8 Å². The molecule has 1 saturated carbocycles. The van der Waals surface area contributed by atoms with Crippen LogP contribution in [0.25, 0.3) is 0 Å². The van der Waals surface area contributed by atoms with Crippen molar-refractivity contribution in [1.29, 1.82) is 0 Å². The summed E-state index contributed by atoms with van der Waals surface area (Å²) in [6.45, 7) is 0. The van der Waals surface area contributed by atoms with Crippen LogP contribution >= 0.6 is 11.8 Å². The zero-order valence-electron chi connectivity index (χ0n) is 8.27. The van der Waals surface area contributed by atoms with Crippen molar-refractivity contribution < 1.29 is 18.7 Å². The predicted molar refractivity (Wildman–Crippen MR) is 56.8 cm³/mol. The van der Waals surface area contributed by atoms with Gasteiger partial charge in [-0.1, -0.05) is 23.9 Å². The van der Waals surface area contributed by atoms with Crippen LogP contribution in [0, 0.1) is 5.92 Å². The summed E-state index contributed by atoms with van der Waals surface area (Å²) in [6.07, 6.45) is 0.609. The third kappa shape index (κ3) is 2.52. The monoisotopic (exact) mass is 244 g/mol. The minimum atomic E-state index is -2.44. The molecule has 1 aromatic rings. The molecule has 0 radical (unpaired) electrons. The highest BCUT2D eigenvalue weighted by Crippen LogP contribution is 2.48. The van der Waals surface area contributed by atoms with Gasteiger partial charge in [-0.3, -0.25) is 4.79 Å². The zero-order valence-corrected chi connectivity index (χ0v) is 9.08. The molecule has 1 aromatic carbocycles. The van der Waals surface area contributed by atoms with Gasteiger partial charge in [-0.25, -0.2) is 0 Å². The standard InChI is InChI=1S/C11H10F2O2S/c12-11(13)16-7-3-1-2-6(4-7)8-5-9(8)10(14)15/h1-4,8-9,11H,5H2,(H,14,15)/t8-,9+/m0/s1. The summed E-state index contributed by atoms with van der Waals surface area (Å²) in [4.78, 5) is 11.2. The van der Waals surface area contributed by atoms with E-state index < -0.39 is 11.7 Å². The van der Waals surface area contributed by atoms with Crippen molar-refractivity contribution in [2.24, 2.45) is 5.92 Å². The number of alkyl halides is 2. The molecular weight excluding hydrogens is 234 g/mol. The molecule has 0 heterocycles. The van der Waals surface area contributed by atoms with E-state index >= 15 is 0 Å². The minimum absolute atomic E-state index is 0.00396. The Hall–Kier alpha value is -1.10. The minimum Gasteiger partial charge on any atom is -0.481 e. The number of carboxylic acid groups (broad SMARTS) is 1. The fourth-order valence-corrected chi connectivity index (χ4v) is 2.32. The smallest absolute Gasteiger partial charge is 0.307 e. The van der Waals surface area contributed by atoms with E-state index in [1.807, 2.05) is 0 Å². The van der Waals surface area contributed by atoms with Crippen LogP contribution in [0.15, 0.2) is 29.2 Å². The first kappa shape index (κ1) is 11.4. The summed E-state index contributed by atoms with van der Waals surface area (Å²) in [6, 6.07) is 6.75. The van der Waals surface area contributed by atoms with Crippen LogP contribution in [0.2, 0.25) is 0 Å². The zero-order chi connectivity index (χ0) is 11.7. The molecule has 1 fully saturated rings. The van der Waals surface area contributed by atoms with Crippen LogP contribution in [0.3, 0.4) is 0 Å². The number of thioether (sulfide) groups is 1. The van der Waals surface area contributed by atoms with E-state index in [0.717, 1.165) is 5.56 Å². The second-order valence-electron chi connectivity index (χ2n) is 3.74. The van der Waals surface area contributed by atoms with Gasteiger partial charge >= 0.3 is 5.97 Å². The molecule has 0 aromatic heterocycles. The molecular formula is C11H10F2O2S. The molecule has 0 bridgehead atoms. The molecule has 1 aliphatic carbocycles. The Bertz CT molecular complexity index is 409. The quantitative estimate of drug-likeness (QED) is 0.826. The number of carboxylic acids is 1. The predicted octanol–water partition coefficient (Wildman–Crippen LogP) is 3.19. The van der Waals surface area contributed by atoms with Gasteiger partial charge in [0.2, 0.25) is 0 Å². The van der Waals surface area contributed by atoms with Gasteiger partial charge in [0.1, 0.15) is 0 Å². The van der Waals surface area contributed by atoms with Crippen LogP contribution in [-0.4, -0.2) is 16.8 Å². The van der Waals surface area contributed by atoms with Crippen LogP contribution in [0.5, 0.6) is 0 Å². The van der Waals surface area contributed by atoms with Crippen LogP contribution < -0.4 is 0 Å². The molecule has 1 N–H and O–H groups in total. The highest BCUT2D eigenvalue weighted by atomic mass is 32.2. The first-order valence-corrected chi connectivity index (χ1v) is 5.73. The lowest BCUT2D eigenvalue weighted by molar-refractivity contribution is -0.138. The molecule has 1 aliphatic rings. The number of carbonyl (C=O) groups is 1. The van der Waals surface area contributed by atoms with E-state index in [9.17, 15) is 13.6 Å². The van der Waals surface area contributed by atoms with Gasteiger partial charge in [-0.2, -0.15) is 8.78 Å². The van der Waals surface area contributed by atoms with E-state index in [1.54, 1.807) is 24.3 Å². The van der Waals surface area contributed by atoms with Gasteiger partial charge in [0.25, 0.3) is 5.76 Å². The van der Waals surface area contributed by atoms with Gasteiger partial charge in [0.15, 0.2) is 0 Å². The van der Waals surface area contributed by atoms with Crippen molar-refractivity contribution >= 4 is 17.7 Å². The average molecular weight is 244 g/mol. The van der Waals surface area contributed by atoms with Crippen LogP contribution in [0.4, 0.5) is 8.78 Å². The maximum absolute atomic E-state index is 12.1. The summed E-state index contributed by atoms with van der Waals surface area (Å²) in [5.41, 5.74) is 0.845. The summed E-state index contributed by atoms with van der Waals surface area (Å²) in [7, 11) is 0. The van der Waals surface area contributed by atoms with Gasteiger partial charge in [-0.05, 0) is 30.0 Å². The van der Waals surface area contributed by atoms with E-state index in [1.165, 1.54) is 0 Å². The topological polar surface area (TPSA) is 37.3 Å². The van der Waals surface area contributed by atoms with Crippen molar-refractivity contribution in [1.82, 2.24) is 0 Å². The van der Waals surface area contributed by atoms with Crippen molar-refractivity contribution in [3.8, 4) is 0 Å². The fourth-order valence-electron chi connectivity index (χ4n) is 1.76. The number of rotatable bonds is 4. The second kappa shape index (κ2) is 4.41. The Labute approximate surface area is 95.7 Å². The number of aliphatic carboxylic acids is 1. The molecule has 0 aliphatic heterocycles. The van der Waals surface area contributed by atoms with Gasteiger partial charge < -0.3 is 5.11 Å². The largest absolute Gasteiger partial charge is 0.481 e.